The second-order valence-corrected chi connectivity index (χ2v) is 7.46. The van der Waals surface area contributed by atoms with Crippen molar-refractivity contribution in [2.75, 3.05) is 40.9 Å². The molecule has 0 aromatic heterocycles. The standard InChI is InChI=1S/C12H24NO8P/c1-9(15)12(10(2)16,8-13(3,4)5)21-22(18,19)20-7-11(17)6-14/h11,14,17H,6-8H2,1-5H3/p+1/t11-/m1/s1. The Hall–Kier alpha value is -0.670. The molecular weight excluding hydrogens is 317 g/mol. The van der Waals surface area contributed by atoms with Gasteiger partial charge in [0.25, 0.3) is 0 Å². The van der Waals surface area contributed by atoms with E-state index < -0.39 is 44.3 Å². The van der Waals surface area contributed by atoms with Crippen molar-refractivity contribution >= 4 is 19.4 Å². The van der Waals surface area contributed by atoms with Crippen molar-refractivity contribution in [3.8, 4) is 0 Å². The largest absolute Gasteiger partial charge is 0.473 e. The van der Waals surface area contributed by atoms with Gasteiger partial charge in [-0.1, -0.05) is 0 Å². The molecule has 0 fully saturated rings. The number of nitrogens with zero attached hydrogens (tertiary/aromatic N) is 1. The first-order valence-electron chi connectivity index (χ1n) is 6.55. The summed E-state index contributed by atoms with van der Waals surface area (Å²) in [4.78, 5) is 33.5. The third-order valence-electron chi connectivity index (χ3n) is 2.75. The lowest BCUT2D eigenvalue weighted by atomic mass is 9.94. The number of carbonyl (C=O) groups is 2. The highest BCUT2D eigenvalue weighted by Gasteiger charge is 2.51. The number of aliphatic hydroxyl groups excluding tert-OH is 2. The molecule has 0 aliphatic heterocycles. The Labute approximate surface area is 129 Å². The molecule has 0 saturated carbocycles. The summed E-state index contributed by atoms with van der Waals surface area (Å²) < 4.78 is 21.5. The van der Waals surface area contributed by atoms with Crippen molar-refractivity contribution in [1.29, 1.82) is 0 Å². The first-order chi connectivity index (χ1) is 9.76. The van der Waals surface area contributed by atoms with E-state index in [0.717, 1.165) is 13.8 Å². The van der Waals surface area contributed by atoms with Gasteiger partial charge < -0.3 is 19.6 Å². The minimum absolute atomic E-state index is 0.123. The monoisotopic (exact) mass is 342 g/mol. The Morgan fingerprint density at radius 1 is 1.23 bits per heavy atom. The predicted molar refractivity (Wildman–Crippen MR) is 76.9 cm³/mol. The van der Waals surface area contributed by atoms with Gasteiger partial charge in [-0.25, -0.2) is 4.57 Å². The third kappa shape index (κ3) is 6.62. The zero-order chi connectivity index (χ0) is 17.8. The molecule has 0 amide bonds. The minimum Gasteiger partial charge on any atom is -0.394 e. The summed E-state index contributed by atoms with van der Waals surface area (Å²) in [5, 5.41) is 17.8. The van der Waals surface area contributed by atoms with Gasteiger partial charge in [0.15, 0.2) is 11.6 Å². The average molecular weight is 342 g/mol. The smallest absolute Gasteiger partial charge is 0.394 e. The molecule has 22 heavy (non-hydrogen) atoms. The molecule has 10 heteroatoms. The number of quaternary nitrogens is 1. The fourth-order valence-electron chi connectivity index (χ4n) is 1.75. The zero-order valence-corrected chi connectivity index (χ0v) is 14.4. The lowest BCUT2D eigenvalue weighted by Crippen LogP contribution is -2.58. The lowest BCUT2D eigenvalue weighted by Gasteiger charge is -2.36. The summed E-state index contributed by atoms with van der Waals surface area (Å²) in [7, 11) is 0.252. The van der Waals surface area contributed by atoms with Crippen molar-refractivity contribution in [2.24, 2.45) is 0 Å². The van der Waals surface area contributed by atoms with E-state index in [1.54, 1.807) is 21.1 Å². The number of hydrogen-bond acceptors (Lipinski definition) is 7. The highest BCUT2D eigenvalue weighted by molar-refractivity contribution is 7.47. The van der Waals surface area contributed by atoms with Crippen LogP contribution in [-0.4, -0.2) is 83.8 Å². The molecule has 9 nitrogen and oxygen atoms in total. The Balaban J connectivity index is 5.41. The molecule has 0 radical (unpaired) electrons. The summed E-state index contributed by atoms with van der Waals surface area (Å²) in [5.74, 6) is -1.46. The molecule has 2 atom stereocenters. The SMILES string of the molecule is CC(=O)C(C[N+](C)(C)C)(OP(=O)(O)OC[C@H](O)CO)C(C)=O. The van der Waals surface area contributed by atoms with E-state index in [9.17, 15) is 19.0 Å². The maximum absolute atomic E-state index is 12.0. The number of phosphoric ester groups is 1. The quantitative estimate of drug-likeness (QED) is 0.264. The van der Waals surface area contributed by atoms with Crippen LogP contribution in [0.5, 0.6) is 0 Å². The fourth-order valence-corrected chi connectivity index (χ4v) is 2.87. The van der Waals surface area contributed by atoms with E-state index >= 15 is 0 Å². The normalized spacial score (nSPS) is 16.9. The van der Waals surface area contributed by atoms with Gasteiger partial charge in [0.05, 0.1) is 34.4 Å². The maximum atomic E-state index is 12.0. The highest BCUT2D eigenvalue weighted by atomic mass is 31.2. The lowest BCUT2D eigenvalue weighted by molar-refractivity contribution is -0.874. The van der Waals surface area contributed by atoms with Gasteiger partial charge in [0, 0.05) is 0 Å². The minimum atomic E-state index is -4.80. The Morgan fingerprint density at radius 2 is 1.68 bits per heavy atom. The first-order valence-corrected chi connectivity index (χ1v) is 8.05. The second-order valence-electron chi connectivity index (χ2n) is 6.08. The summed E-state index contributed by atoms with van der Waals surface area (Å²) in [6.45, 7) is 0.636. The van der Waals surface area contributed by atoms with Gasteiger partial charge in [-0.3, -0.25) is 18.6 Å². The highest BCUT2D eigenvalue weighted by Crippen LogP contribution is 2.48. The molecule has 0 bridgehead atoms. The van der Waals surface area contributed by atoms with Crippen molar-refractivity contribution in [3.05, 3.63) is 0 Å². The van der Waals surface area contributed by atoms with Gasteiger partial charge >= 0.3 is 7.82 Å². The number of carbonyl (C=O) groups excluding carboxylic acids is 2. The van der Waals surface area contributed by atoms with E-state index in [1.165, 1.54) is 0 Å². The molecule has 0 saturated heterocycles. The molecule has 3 N–H and O–H groups in total. The van der Waals surface area contributed by atoms with Crippen LogP contribution >= 0.6 is 7.82 Å². The van der Waals surface area contributed by atoms with E-state index in [0.29, 0.717) is 0 Å². The fraction of sp³-hybridized carbons (Fsp3) is 0.833. The number of Topliss-reactive ketones (excluding diaryl/α,β-unsaturated/α-hetero) is 2. The number of phosphoric acid groups is 1. The molecule has 0 aromatic carbocycles. The number of hydrogen-bond donors (Lipinski definition) is 3. The zero-order valence-electron chi connectivity index (χ0n) is 13.5. The second kappa shape index (κ2) is 7.74. The Morgan fingerprint density at radius 3 is 2.00 bits per heavy atom. The van der Waals surface area contributed by atoms with Gasteiger partial charge in [-0.05, 0) is 13.8 Å². The molecule has 0 spiro atoms. The van der Waals surface area contributed by atoms with E-state index in [2.05, 4.69) is 4.52 Å². The third-order valence-corrected chi connectivity index (χ3v) is 3.76. The number of ketones is 2. The first kappa shape index (κ1) is 21.3. The van der Waals surface area contributed by atoms with Crippen LogP contribution < -0.4 is 0 Å². The molecule has 130 valence electrons. The van der Waals surface area contributed by atoms with E-state index in [4.69, 9.17) is 14.7 Å². The average Bonchev–Trinajstić information content (AvgIpc) is 2.32. The Bertz CT molecular complexity index is 445. The summed E-state index contributed by atoms with van der Waals surface area (Å²) in [5.41, 5.74) is -2.13. The number of rotatable bonds is 10. The Kier molecular flexibility index (Phi) is 7.50. The van der Waals surface area contributed by atoms with Crippen LogP contribution in [0.2, 0.25) is 0 Å². The van der Waals surface area contributed by atoms with Crippen molar-refractivity contribution in [1.82, 2.24) is 0 Å². The molecule has 0 rings (SSSR count). The van der Waals surface area contributed by atoms with Crippen LogP contribution in [0.25, 0.3) is 0 Å². The summed E-state index contributed by atoms with van der Waals surface area (Å²) in [6.07, 6.45) is -1.38. The molecular formula is C12H25NO8P+. The topological polar surface area (TPSA) is 130 Å². The summed E-state index contributed by atoms with van der Waals surface area (Å²) in [6, 6.07) is 0. The summed E-state index contributed by atoms with van der Waals surface area (Å²) >= 11 is 0. The van der Waals surface area contributed by atoms with Crippen molar-refractivity contribution in [2.45, 2.75) is 25.6 Å². The maximum Gasteiger partial charge on any atom is 0.473 e. The molecule has 0 aliphatic rings. The van der Waals surface area contributed by atoms with Gasteiger partial charge in [-0.2, -0.15) is 0 Å². The van der Waals surface area contributed by atoms with E-state index in [-0.39, 0.29) is 11.0 Å². The predicted octanol–water partition coefficient (Wildman–Crippen LogP) is -0.904. The van der Waals surface area contributed by atoms with Crippen molar-refractivity contribution in [3.63, 3.8) is 0 Å². The van der Waals surface area contributed by atoms with Crippen LogP contribution in [0.3, 0.4) is 0 Å². The van der Waals surface area contributed by atoms with Crippen LogP contribution in [0.4, 0.5) is 0 Å². The van der Waals surface area contributed by atoms with Crippen LogP contribution in [0.15, 0.2) is 0 Å². The number of likely N-dealkylation sites (N-methyl/N-ethyl adjacent to an activating group) is 1. The molecule has 0 aliphatic carbocycles. The van der Waals surface area contributed by atoms with Crippen molar-refractivity contribution < 1.29 is 42.8 Å². The van der Waals surface area contributed by atoms with Crippen LogP contribution in [-0.2, 0) is 23.2 Å². The molecule has 1 unspecified atom stereocenters. The number of aliphatic hydroxyl groups is 2. The van der Waals surface area contributed by atoms with Crippen LogP contribution in [0.1, 0.15) is 13.8 Å². The van der Waals surface area contributed by atoms with Gasteiger partial charge in [0.1, 0.15) is 12.6 Å². The van der Waals surface area contributed by atoms with Gasteiger partial charge in [-0.15, -0.1) is 0 Å². The van der Waals surface area contributed by atoms with Crippen LogP contribution in [0, 0.1) is 0 Å². The molecule has 0 aromatic rings. The van der Waals surface area contributed by atoms with E-state index in [1.807, 2.05) is 0 Å². The molecule has 0 heterocycles. The van der Waals surface area contributed by atoms with Gasteiger partial charge in [0.2, 0.25) is 5.60 Å².